The number of benzene rings is 2. The van der Waals surface area contributed by atoms with Gasteiger partial charge in [0, 0.05) is 49.2 Å². The molecular weight excluding hydrogens is 428 g/mol. The fourth-order valence-electron chi connectivity index (χ4n) is 5.62. The van der Waals surface area contributed by atoms with E-state index in [2.05, 4.69) is 23.2 Å². The lowest BCUT2D eigenvalue weighted by Crippen LogP contribution is -2.46. The average molecular weight is 463 g/mol. The molecular formula is C28H34N2O4. The van der Waals surface area contributed by atoms with E-state index in [0.717, 1.165) is 67.9 Å². The Bertz CT molecular complexity index is 1220. The van der Waals surface area contributed by atoms with E-state index in [9.17, 15) is 9.90 Å². The predicted octanol–water partition coefficient (Wildman–Crippen LogP) is 5.16. The van der Waals surface area contributed by atoms with Crippen LogP contribution >= 0.6 is 0 Å². The second kappa shape index (κ2) is 9.43. The Morgan fingerprint density at radius 1 is 1.15 bits per heavy atom. The van der Waals surface area contributed by atoms with E-state index in [4.69, 9.17) is 9.15 Å². The van der Waals surface area contributed by atoms with Crippen LogP contribution < -0.4 is 15.6 Å². The molecule has 6 heteroatoms. The quantitative estimate of drug-likeness (QED) is 0.545. The van der Waals surface area contributed by atoms with Crippen molar-refractivity contribution < 1.29 is 14.3 Å². The molecule has 180 valence electrons. The van der Waals surface area contributed by atoms with E-state index in [0.29, 0.717) is 16.9 Å². The van der Waals surface area contributed by atoms with Crippen molar-refractivity contribution in [1.82, 2.24) is 0 Å². The van der Waals surface area contributed by atoms with E-state index < -0.39 is 0 Å². The van der Waals surface area contributed by atoms with E-state index in [1.807, 2.05) is 37.3 Å². The summed E-state index contributed by atoms with van der Waals surface area (Å²) in [5, 5.41) is 13.9. The molecule has 2 N–H and O–H groups in total. The van der Waals surface area contributed by atoms with Crippen LogP contribution in [-0.2, 0) is 11.3 Å². The van der Waals surface area contributed by atoms with Crippen molar-refractivity contribution in [2.75, 3.05) is 36.5 Å². The lowest BCUT2D eigenvalue weighted by molar-refractivity contribution is 0.00705. The number of anilines is 2. The number of hydrogen-bond acceptors (Lipinski definition) is 6. The summed E-state index contributed by atoms with van der Waals surface area (Å²) in [4.78, 5) is 15.5. The normalized spacial score (nSPS) is 18.9. The van der Waals surface area contributed by atoms with Crippen LogP contribution in [0.3, 0.4) is 0 Å². The summed E-state index contributed by atoms with van der Waals surface area (Å²) in [5.74, 6) is 0.663. The molecule has 2 aliphatic rings. The predicted molar refractivity (Wildman–Crippen MR) is 136 cm³/mol. The summed E-state index contributed by atoms with van der Waals surface area (Å²) < 4.78 is 12.1. The van der Waals surface area contributed by atoms with Crippen LogP contribution in [0.4, 0.5) is 11.6 Å². The Morgan fingerprint density at radius 3 is 2.74 bits per heavy atom. The highest BCUT2D eigenvalue weighted by Gasteiger charge is 2.37. The molecule has 1 atom stereocenters. The van der Waals surface area contributed by atoms with Crippen molar-refractivity contribution >= 4 is 22.5 Å². The minimum Gasteiger partial charge on any atom is -0.440 e. The summed E-state index contributed by atoms with van der Waals surface area (Å²) in [5.41, 5.74) is 4.57. The maximum absolute atomic E-state index is 13.2. The van der Waals surface area contributed by atoms with Crippen LogP contribution in [0.5, 0.6) is 0 Å². The number of aryl methyl sites for hydroxylation is 1. The summed E-state index contributed by atoms with van der Waals surface area (Å²) in [6.07, 6.45) is 4.44. The summed E-state index contributed by atoms with van der Waals surface area (Å²) >= 11 is 0. The van der Waals surface area contributed by atoms with E-state index in [1.54, 1.807) is 6.07 Å². The third kappa shape index (κ3) is 4.44. The zero-order valence-electron chi connectivity index (χ0n) is 20.1. The van der Waals surface area contributed by atoms with Crippen molar-refractivity contribution in [3.63, 3.8) is 0 Å². The number of piperidine rings is 1. The van der Waals surface area contributed by atoms with Gasteiger partial charge in [0.05, 0.1) is 18.0 Å². The van der Waals surface area contributed by atoms with Gasteiger partial charge in [-0.05, 0) is 62.6 Å². The smallest absolute Gasteiger partial charge is 0.200 e. The third-order valence-corrected chi connectivity index (χ3v) is 7.54. The standard InChI is InChI=1S/C28H34N2O4/c1-19-14-22(20(2)29-24-7-4-3-6-21(24)17-31)27-23(15-19)25(32)16-26(34-27)30-11-5-8-28(18-30)9-12-33-13-10-28/h3-4,6-7,14-16,20,29,31H,5,8-13,17-18H2,1-2H3. The highest BCUT2D eigenvalue weighted by Crippen LogP contribution is 2.41. The lowest BCUT2D eigenvalue weighted by Gasteiger charge is -2.45. The molecule has 1 spiro atoms. The number of hydrogen-bond donors (Lipinski definition) is 2. The molecule has 3 heterocycles. The average Bonchev–Trinajstić information content (AvgIpc) is 2.84. The Morgan fingerprint density at radius 2 is 1.94 bits per heavy atom. The lowest BCUT2D eigenvalue weighted by atomic mass is 9.74. The molecule has 3 aromatic rings. The molecule has 1 aromatic heterocycles. The van der Waals surface area contributed by atoms with Gasteiger partial charge >= 0.3 is 0 Å². The maximum Gasteiger partial charge on any atom is 0.200 e. The maximum atomic E-state index is 13.2. The SMILES string of the molecule is Cc1cc(C(C)Nc2ccccc2CO)c2oc(N3CCCC4(CCOCC4)C3)cc(=O)c2c1. The van der Waals surface area contributed by atoms with Crippen LogP contribution in [0.2, 0.25) is 0 Å². The zero-order valence-corrected chi connectivity index (χ0v) is 20.1. The minimum absolute atomic E-state index is 0.00393. The molecule has 2 fully saturated rings. The van der Waals surface area contributed by atoms with Crippen LogP contribution in [0.1, 0.15) is 55.3 Å². The number of ether oxygens (including phenoxy) is 1. The van der Waals surface area contributed by atoms with Crippen LogP contribution in [-0.4, -0.2) is 31.4 Å². The number of aliphatic hydroxyl groups is 1. The molecule has 34 heavy (non-hydrogen) atoms. The Labute approximate surface area is 200 Å². The molecule has 2 aliphatic heterocycles. The van der Waals surface area contributed by atoms with Gasteiger partial charge in [0.2, 0.25) is 0 Å². The molecule has 2 saturated heterocycles. The fourth-order valence-corrected chi connectivity index (χ4v) is 5.62. The largest absolute Gasteiger partial charge is 0.440 e. The molecule has 0 amide bonds. The van der Waals surface area contributed by atoms with Gasteiger partial charge in [-0.25, -0.2) is 0 Å². The van der Waals surface area contributed by atoms with Crippen molar-refractivity contribution in [2.45, 2.75) is 52.2 Å². The highest BCUT2D eigenvalue weighted by molar-refractivity contribution is 5.82. The van der Waals surface area contributed by atoms with Crippen molar-refractivity contribution in [2.24, 2.45) is 5.41 Å². The minimum atomic E-state index is -0.114. The first-order valence-electron chi connectivity index (χ1n) is 12.3. The van der Waals surface area contributed by atoms with Gasteiger partial charge in [-0.2, -0.15) is 0 Å². The van der Waals surface area contributed by atoms with Crippen LogP contribution in [0, 0.1) is 12.3 Å². The number of nitrogens with zero attached hydrogens (tertiary/aromatic N) is 1. The molecule has 2 aromatic carbocycles. The molecule has 0 radical (unpaired) electrons. The summed E-state index contributed by atoms with van der Waals surface area (Å²) in [6.45, 7) is 7.47. The Balaban J connectivity index is 1.52. The number of para-hydroxylation sites is 1. The van der Waals surface area contributed by atoms with Gasteiger partial charge < -0.3 is 24.5 Å². The van der Waals surface area contributed by atoms with Gasteiger partial charge in [0.15, 0.2) is 11.3 Å². The first-order chi connectivity index (χ1) is 16.5. The highest BCUT2D eigenvalue weighted by atomic mass is 16.5. The van der Waals surface area contributed by atoms with Crippen molar-refractivity contribution in [1.29, 1.82) is 0 Å². The Kier molecular flexibility index (Phi) is 6.36. The first-order valence-corrected chi connectivity index (χ1v) is 12.3. The van der Waals surface area contributed by atoms with Gasteiger partial charge in [0.1, 0.15) is 5.58 Å². The monoisotopic (exact) mass is 462 g/mol. The fraction of sp³-hybridized carbons (Fsp3) is 0.464. The summed E-state index contributed by atoms with van der Waals surface area (Å²) in [7, 11) is 0. The number of fused-ring (bicyclic) bond motifs is 1. The number of aliphatic hydroxyl groups excluding tert-OH is 1. The van der Waals surface area contributed by atoms with Gasteiger partial charge in [-0.1, -0.05) is 24.3 Å². The molecule has 0 saturated carbocycles. The Hall–Kier alpha value is -2.83. The second-order valence-electron chi connectivity index (χ2n) is 10.00. The molecule has 1 unspecified atom stereocenters. The molecule has 0 bridgehead atoms. The van der Waals surface area contributed by atoms with E-state index in [-0.39, 0.29) is 23.5 Å². The van der Waals surface area contributed by atoms with Crippen molar-refractivity contribution in [3.05, 3.63) is 69.4 Å². The van der Waals surface area contributed by atoms with E-state index in [1.165, 1.54) is 6.42 Å². The molecule has 0 aliphatic carbocycles. The topological polar surface area (TPSA) is 74.9 Å². The molecule has 5 rings (SSSR count). The number of nitrogens with one attached hydrogen (secondary N) is 1. The number of rotatable bonds is 5. The van der Waals surface area contributed by atoms with Crippen LogP contribution in [0.15, 0.2) is 51.7 Å². The van der Waals surface area contributed by atoms with Gasteiger partial charge in [-0.15, -0.1) is 0 Å². The third-order valence-electron chi connectivity index (χ3n) is 7.54. The molecule has 6 nitrogen and oxygen atoms in total. The van der Waals surface area contributed by atoms with Gasteiger partial charge in [-0.3, -0.25) is 4.79 Å². The van der Waals surface area contributed by atoms with E-state index >= 15 is 0 Å². The van der Waals surface area contributed by atoms with Crippen molar-refractivity contribution in [3.8, 4) is 0 Å². The first kappa shape index (κ1) is 22.9. The van der Waals surface area contributed by atoms with Gasteiger partial charge in [0.25, 0.3) is 0 Å². The van der Waals surface area contributed by atoms with Crippen LogP contribution in [0.25, 0.3) is 11.0 Å². The summed E-state index contributed by atoms with van der Waals surface area (Å²) in [6, 6.07) is 13.3. The zero-order chi connectivity index (χ0) is 23.7. The second-order valence-corrected chi connectivity index (χ2v) is 10.00.